The molecule has 0 amide bonds. The van der Waals surface area contributed by atoms with Crippen LogP contribution in [-0.2, 0) is 5.41 Å². The molecule has 1 nitrogen and oxygen atoms in total. The van der Waals surface area contributed by atoms with Gasteiger partial charge in [-0.1, -0.05) is 159 Å². The van der Waals surface area contributed by atoms with Crippen LogP contribution in [0.5, 0.6) is 0 Å². The maximum atomic E-state index is 2.40. The lowest BCUT2D eigenvalue weighted by Crippen LogP contribution is -2.23. The lowest BCUT2D eigenvalue weighted by atomic mass is 9.68. The van der Waals surface area contributed by atoms with Crippen molar-refractivity contribution in [2.45, 2.75) is 19.3 Å². The number of hydrogen-bond acceptors (Lipinski definition) is 1. The van der Waals surface area contributed by atoms with E-state index in [1.54, 1.807) is 0 Å². The Bertz CT molecular complexity index is 2450. The van der Waals surface area contributed by atoms with E-state index < -0.39 is 0 Å². The molecule has 1 heteroatoms. The van der Waals surface area contributed by atoms with Gasteiger partial charge in [0.15, 0.2) is 0 Å². The number of hydrogen-bond donors (Lipinski definition) is 0. The van der Waals surface area contributed by atoms with Crippen LogP contribution in [0.2, 0.25) is 0 Å². The van der Waals surface area contributed by atoms with Crippen molar-refractivity contribution in [1.29, 1.82) is 0 Å². The van der Waals surface area contributed by atoms with E-state index in [0.29, 0.717) is 0 Å². The third kappa shape index (κ3) is 5.11. The molecular formula is C49H37N. The average Bonchev–Trinajstić information content (AvgIpc) is 3.18. The molecule has 0 N–H and O–H groups in total. The van der Waals surface area contributed by atoms with Gasteiger partial charge in [0.25, 0.3) is 0 Å². The van der Waals surface area contributed by atoms with Gasteiger partial charge in [-0.05, 0) is 109 Å². The number of benzene rings is 8. The lowest BCUT2D eigenvalue weighted by Gasteiger charge is -2.35. The third-order valence-corrected chi connectivity index (χ3v) is 10.5. The predicted octanol–water partition coefficient (Wildman–Crippen LogP) is 13.6. The number of para-hydroxylation sites is 1. The fourth-order valence-corrected chi connectivity index (χ4v) is 7.84. The van der Waals surface area contributed by atoms with Gasteiger partial charge in [0.2, 0.25) is 0 Å². The summed E-state index contributed by atoms with van der Waals surface area (Å²) < 4.78 is 0. The van der Waals surface area contributed by atoms with Gasteiger partial charge in [0, 0.05) is 22.5 Å². The lowest BCUT2D eigenvalue weighted by molar-refractivity contribution is 0.645. The number of nitrogens with zero attached hydrogens (tertiary/aromatic N) is 1. The minimum absolute atomic E-state index is 0.0561. The first kappa shape index (κ1) is 29.9. The molecule has 0 unspecified atom stereocenters. The summed E-state index contributed by atoms with van der Waals surface area (Å²) in [6.07, 6.45) is 0. The van der Waals surface area contributed by atoms with E-state index in [-0.39, 0.29) is 5.41 Å². The molecule has 50 heavy (non-hydrogen) atoms. The summed E-state index contributed by atoms with van der Waals surface area (Å²) in [5.41, 5.74) is 16.1. The highest BCUT2D eigenvalue weighted by atomic mass is 15.1. The van der Waals surface area contributed by atoms with Gasteiger partial charge < -0.3 is 4.90 Å². The van der Waals surface area contributed by atoms with E-state index in [9.17, 15) is 0 Å². The summed E-state index contributed by atoms with van der Waals surface area (Å²) in [4.78, 5) is 2.32. The fraction of sp³-hybridized carbons (Fsp3) is 0.0612. The first-order chi connectivity index (χ1) is 24.5. The molecule has 9 rings (SSSR count). The van der Waals surface area contributed by atoms with Gasteiger partial charge in [-0.3, -0.25) is 0 Å². The summed E-state index contributed by atoms with van der Waals surface area (Å²) in [5, 5.41) is 2.70. The first-order valence-corrected chi connectivity index (χ1v) is 17.4. The predicted molar refractivity (Wildman–Crippen MR) is 213 cm³/mol. The fourth-order valence-electron chi connectivity index (χ4n) is 7.84. The number of fused-ring (bicyclic) bond motifs is 2. The van der Waals surface area contributed by atoms with Crippen LogP contribution < -0.4 is 4.90 Å². The smallest absolute Gasteiger partial charge is 0.0462 e. The minimum atomic E-state index is -0.0561. The Morgan fingerprint density at radius 1 is 0.340 bits per heavy atom. The molecular weight excluding hydrogens is 603 g/mol. The molecule has 0 heterocycles. The van der Waals surface area contributed by atoms with Gasteiger partial charge in [0.1, 0.15) is 0 Å². The zero-order valence-corrected chi connectivity index (χ0v) is 28.3. The molecule has 0 bridgehead atoms. The highest BCUT2D eigenvalue weighted by molar-refractivity contribution is 6.03. The number of anilines is 3. The zero-order valence-electron chi connectivity index (χ0n) is 28.3. The van der Waals surface area contributed by atoms with Crippen LogP contribution in [0.3, 0.4) is 0 Å². The molecule has 1 aliphatic carbocycles. The van der Waals surface area contributed by atoms with Gasteiger partial charge >= 0.3 is 0 Å². The van der Waals surface area contributed by atoms with Gasteiger partial charge in [-0.2, -0.15) is 0 Å². The van der Waals surface area contributed by atoms with E-state index in [0.717, 1.165) is 17.1 Å². The van der Waals surface area contributed by atoms with Crippen LogP contribution in [0.25, 0.3) is 55.3 Å². The molecule has 0 fully saturated rings. The first-order valence-electron chi connectivity index (χ1n) is 17.4. The second kappa shape index (κ2) is 12.1. The van der Waals surface area contributed by atoms with Gasteiger partial charge in [-0.15, -0.1) is 0 Å². The Morgan fingerprint density at radius 2 is 0.800 bits per heavy atom. The molecule has 0 aliphatic heterocycles. The standard InChI is InChI=1S/C49H37N/c1-49(2)46-32-27-40(33-45(46)44-17-9-13-39-14-10-18-47(49)48(39)44)38-21-19-35(20-22-38)37-25-30-43(31-26-37)50(41-15-7-4-8-16-41)42-28-23-36(24-29-42)34-11-5-3-6-12-34/h3-33H,1-2H3. The summed E-state index contributed by atoms with van der Waals surface area (Å²) in [7, 11) is 0. The van der Waals surface area contributed by atoms with Crippen LogP contribution in [0.1, 0.15) is 25.0 Å². The van der Waals surface area contributed by atoms with Crippen LogP contribution in [-0.4, -0.2) is 0 Å². The largest absolute Gasteiger partial charge is 0.311 e. The second-order valence-electron chi connectivity index (χ2n) is 13.8. The molecule has 0 saturated carbocycles. The normalized spacial score (nSPS) is 12.8. The van der Waals surface area contributed by atoms with Crippen molar-refractivity contribution in [2.75, 3.05) is 4.90 Å². The van der Waals surface area contributed by atoms with Crippen LogP contribution >= 0.6 is 0 Å². The molecule has 0 spiro atoms. The minimum Gasteiger partial charge on any atom is -0.311 e. The Kier molecular flexibility index (Phi) is 7.21. The maximum absolute atomic E-state index is 2.40. The Balaban J connectivity index is 1.02. The molecule has 1 aliphatic rings. The molecule has 0 atom stereocenters. The molecule has 0 saturated heterocycles. The summed E-state index contributed by atoms with van der Waals surface area (Å²) in [6.45, 7) is 4.72. The van der Waals surface area contributed by atoms with Gasteiger partial charge in [0.05, 0.1) is 0 Å². The van der Waals surface area contributed by atoms with E-state index in [4.69, 9.17) is 0 Å². The van der Waals surface area contributed by atoms with Crippen molar-refractivity contribution in [3.05, 3.63) is 199 Å². The van der Waals surface area contributed by atoms with Crippen molar-refractivity contribution in [3.8, 4) is 44.5 Å². The Hall–Kier alpha value is -6.18. The summed E-state index contributed by atoms with van der Waals surface area (Å²) in [5.74, 6) is 0. The van der Waals surface area contributed by atoms with Crippen molar-refractivity contribution in [1.82, 2.24) is 0 Å². The van der Waals surface area contributed by atoms with Crippen molar-refractivity contribution in [3.63, 3.8) is 0 Å². The molecule has 238 valence electrons. The van der Waals surface area contributed by atoms with E-state index in [1.165, 1.54) is 66.4 Å². The zero-order chi connectivity index (χ0) is 33.7. The van der Waals surface area contributed by atoms with Gasteiger partial charge in [-0.25, -0.2) is 0 Å². The average molecular weight is 640 g/mol. The van der Waals surface area contributed by atoms with Crippen molar-refractivity contribution in [2.24, 2.45) is 0 Å². The topological polar surface area (TPSA) is 3.24 Å². The Morgan fingerprint density at radius 3 is 1.40 bits per heavy atom. The summed E-state index contributed by atoms with van der Waals surface area (Å²) >= 11 is 0. The monoisotopic (exact) mass is 639 g/mol. The number of rotatable bonds is 6. The van der Waals surface area contributed by atoms with Crippen LogP contribution in [0.15, 0.2) is 188 Å². The van der Waals surface area contributed by atoms with Crippen LogP contribution in [0.4, 0.5) is 17.1 Å². The highest BCUT2D eigenvalue weighted by Gasteiger charge is 2.33. The SMILES string of the molecule is CC1(C)c2ccc(-c3ccc(-c4ccc(N(c5ccccc5)c5ccc(-c6ccccc6)cc5)cc4)cc3)cc2-c2cccc3cccc1c23. The molecule has 0 radical (unpaired) electrons. The second-order valence-corrected chi connectivity index (χ2v) is 13.8. The maximum Gasteiger partial charge on any atom is 0.0462 e. The molecule has 0 aromatic heterocycles. The van der Waals surface area contributed by atoms with Crippen molar-refractivity contribution >= 4 is 27.8 Å². The highest BCUT2D eigenvalue weighted by Crippen LogP contribution is 2.49. The van der Waals surface area contributed by atoms with Crippen molar-refractivity contribution < 1.29 is 0 Å². The third-order valence-electron chi connectivity index (χ3n) is 10.5. The van der Waals surface area contributed by atoms with Crippen LogP contribution in [0, 0.1) is 0 Å². The molecule has 8 aromatic rings. The molecule has 8 aromatic carbocycles. The quantitative estimate of drug-likeness (QED) is 0.175. The van der Waals surface area contributed by atoms with E-state index >= 15 is 0 Å². The summed E-state index contributed by atoms with van der Waals surface area (Å²) in [6, 6.07) is 68.4. The van der Waals surface area contributed by atoms with E-state index in [2.05, 4.69) is 207 Å². The van der Waals surface area contributed by atoms with E-state index in [1.807, 2.05) is 0 Å². The Labute approximate surface area is 294 Å².